The molecule has 0 aromatic heterocycles. The highest BCUT2D eigenvalue weighted by Gasteiger charge is 2.40. The first-order valence-electron chi connectivity index (χ1n) is 17.0. The molecule has 212 valence electrons. The fourth-order valence-corrected chi connectivity index (χ4v) is 9.28. The Kier molecular flexibility index (Phi) is 8.66. The number of phenolic OH excluding ortho intramolecular Hbond substituents is 1. The number of hydrogen-bond donors (Lipinski definition) is 1. The van der Waals surface area contributed by atoms with Crippen LogP contribution in [0.2, 0.25) is 0 Å². The highest BCUT2D eigenvalue weighted by molar-refractivity contribution is 6.08. The van der Waals surface area contributed by atoms with Crippen molar-refractivity contribution in [2.45, 2.75) is 147 Å². The van der Waals surface area contributed by atoms with E-state index < -0.39 is 0 Å². The smallest absolute Gasteiger partial charge is 0.166 e. The number of phenols is 1. The maximum atomic E-state index is 14.5. The molecule has 0 spiro atoms. The van der Waals surface area contributed by atoms with E-state index in [0.29, 0.717) is 35.2 Å². The minimum atomic E-state index is 0.00943. The molecule has 5 aliphatic carbocycles. The van der Waals surface area contributed by atoms with E-state index in [-0.39, 0.29) is 5.92 Å². The predicted octanol–water partition coefficient (Wildman–Crippen LogP) is 10.5. The average Bonchev–Trinajstić information content (AvgIpc) is 3.00. The highest BCUT2D eigenvalue weighted by atomic mass is 16.3. The molecule has 0 radical (unpaired) electrons. The highest BCUT2D eigenvalue weighted by Crippen LogP contribution is 2.50. The van der Waals surface area contributed by atoms with Crippen molar-refractivity contribution < 1.29 is 9.90 Å². The summed E-state index contributed by atoms with van der Waals surface area (Å²) >= 11 is 0. The molecular weight excluding hydrogens is 476 g/mol. The Morgan fingerprint density at radius 2 is 1.05 bits per heavy atom. The molecule has 1 aromatic rings. The lowest BCUT2D eigenvalue weighted by atomic mass is 9.65. The van der Waals surface area contributed by atoms with Gasteiger partial charge >= 0.3 is 0 Å². The summed E-state index contributed by atoms with van der Waals surface area (Å²) in [6.45, 7) is 2.30. The zero-order valence-corrected chi connectivity index (χ0v) is 24.6. The number of aromatic hydroxyl groups is 1. The van der Waals surface area contributed by atoms with Crippen LogP contribution in [0.1, 0.15) is 164 Å². The van der Waals surface area contributed by atoms with E-state index in [1.54, 1.807) is 0 Å². The van der Waals surface area contributed by atoms with E-state index in [1.807, 2.05) is 0 Å². The number of rotatable bonds is 5. The first-order chi connectivity index (χ1) is 19.1. The SMILES string of the molecule is CC1=C(c2cc(C3CCCCC3)c(O)c(C3CCCCC3)c2)C(C2CCCCC2)C(=O)C(C2CCCCC2)=C1. The lowest BCUT2D eigenvalue weighted by molar-refractivity contribution is -0.120. The molecule has 5 aliphatic rings. The van der Waals surface area contributed by atoms with E-state index in [0.717, 1.165) is 5.57 Å². The van der Waals surface area contributed by atoms with Gasteiger partial charge in [-0.15, -0.1) is 0 Å². The van der Waals surface area contributed by atoms with Crippen LogP contribution in [0.5, 0.6) is 5.75 Å². The number of carbonyl (C=O) groups excluding carboxylic acids is 1. The Hall–Kier alpha value is -1.83. The molecule has 0 heterocycles. The molecule has 4 saturated carbocycles. The van der Waals surface area contributed by atoms with Crippen molar-refractivity contribution in [1.82, 2.24) is 0 Å². The lowest BCUT2D eigenvalue weighted by Gasteiger charge is -2.38. The van der Waals surface area contributed by atoms with Crippen LogP contribution in [0, 0.1) is 17.8 Å². The van der Waals surface area contributed by atoms with Crippen molar-refractivity contribution >= 4 is 11.4 Å². The number of benzene rings is 1. The van der Waals surface area contributed by atoms with E-state index in [2.05, 4.69) is 25.1 Å². The fourth-order valence-electron chi connectivity index (χ4n) is 9.28. The third-order valence-electron chi connectivity index (χ3n) is 11.4. The summed E-state index contributed by atoms with van der Waals surface area (Å²) < 4.78 is 0. The largest absolute Gasteiger partial charge is 0.507 e. The summed E-state index contributed by atoms with van der Waals surface area (Å²) in [5, 5.41) is 11.8. The number of hydrogen-bond acceptors (Lipinski definition) is 2. The monoisotopic (exact) mass is 528 g/mol. The van der Waals surface area contributed by atoms with E-state index in [4.69, 9.17) is 0 Å². The van der Waals surface area contributed by atoms with Gasteiger partial charge in [0.2, 0.25) is 0 Å². The molecule has 4 fully saturated rings. The molecule has 0 saturated heterocycles. The summed E-state index contributed by atoms with van der Waals surface area (Å²) in [4.78, 5) is 14.5. The minimum Gasteiger partial charge on any atom is -0.507 e. The minimum absolute atomic E-state index is 0.00943. The summed E-state index contributed by atoms with van der Waals surface area (Å²) in [6.07, 6.45) is 27.3. The van der Waals surface area contributed by atoms with Crippen LogP contribution >= 0.6 is 0 Å². The van der Waals surface area contributed by atoms with Crippen LogP contribution in [0.25, 0.3) is 5.57 Å². The molecule has 0 bridgehead atoms. The van der Waals surface area contributed by atoms with E-state index >= 15 is 0 Å². The quantitative estimate of drug-likeness (QED) is 0.413. The summed E-state index contributed by atoms with van der Waals surface area (Å²) in [5.74, 6) is 2.92. The third kappa shape index (κ3) is 5.69. The molecule has 1 N–H and O–H groups in total. The fraction of sp³-hybridized carbons (Fsp3) is 0.703. The van der Waals surface area contributed by atoms with Crippen molar-refractivity contribution in [3.05, 3.63) is 46.0 Å². The van der Waals surface area contributed by atoms with Crippen molar-refractivity contribution in [3.8, 4) is 5.75 Å². The molecule has 2 nitrogen and oxygen atoms in total. The van der Waals surface area contributed by atoms with E-state index in [9.17, 15) is 9.90 Å². The molecule has 39 heavy (non-hydrogen) atoms. The van der Waals surface area contributed by atoms with Gasteiger partial charge in [0.15, 0.2) is 5.78 Å². The van der Waals surface area contributed by atoms with Crippen LogP contribution in [-0.2, 0) is 4.79 Å². The number of carbonyl (C=O) groups is 1. The second-order valence-electron chi connectivity index (χ2n) is 13.9. The summed E-state index contributed by atoms with van der Waals surface area (Å²) in [7, 11) is 0. The Morgan fingerprint density at radius 1 is 0.615 bits per heavy atom. The van der Waals surface area contributed by atoms with Crippen LogP contribution < -0.4 is 0 Å². The predicted molar refractivity (Wildman–Crippen MR) is 162 cm³/mol. The second kappa shape index (κ2) is 12.4. The number of Topliss-reactive ketones (excluding diaryl/α,β-unsaturated/α-hetero) is 1. The standard InChI is InChI=1S/C37H52O2/c1-25-22-31(26-14-6-2-7-15-26)37(39)35(29-20-12-5-13-21-29)34(25)30-23-32(27-16-8-3-9-17-27)36(38)33(24-30)28-18-10-4-11-19-28/h22-24,26-29,35,38H,2-21H2,1H3. The molecule has 2 heteroatoms. The molecule has 1 aromatic carbocycles. The van der Waals surface area contributed by atoms with Crippen molar-refractivity contribution in [2.24, 2.45) is 17.8 Å². The van der Waals surface area contributed by atoms with Crippen LogP contribution in [0.4, 0.5) is 0 Å². The Balaban J connectivity index is 1.48. The van der Waals surface area contributed by atoms with Gasteiger partial charge in [0.1, 0.15) is 5.75 Å². The van der Waals surface area contributed by atoms with Gasteiger partial charge in [-0.1, -0.05) is 83.1 Å². The zero-order valence-electron chi connectivity index (χ0n) is 24.6. The summed E-state index contributed by atoms with van der Waals surface area (Å²) in [6, 6.07) is 4.72. The van der Waals surface area contributed by atoms with Crippen LogP contribution in [-0.4, -0.2) is 10.9 Å². The molecule has 1 unspecified atom stereocenters. The van der Waals surface area contributed by atoms with Crippen LogP contribution in [0.3, 0.4) is 0 Å². The zero-order chi connectivity index (χ0) is 26.8. The molecular formula is C37H52O2. The second-order valence-corrected chi connectivity index (χ2v) is 13.9. The van der Waals surface area contributed by atoms with Gasteiger partial charge in [0.25, 0.3) is 0 Å². The van der Waals surface area contributed by atoms with Gasteiger partial charge in [-0.3, -0.25) is 4.79 Å². The van der Waals surface area contributed by atoms with Gasteiger partial charge in [0, 0.05) is 0 Å². The Bertz CT molecular complexity index is 1040. The first kappa shape index (κ1) is 27.3. The average molecular weight is 529 g/mol. The van der Waals surface area contributed by atoms with Gasteiger partial charge < -0.3 is 5.11 Å². The van der Waals surface area contributed by atoms with Gasteiger partial charge in [-0.25, -0.2) is 0 Å². The molecule has 1 atom stereocenters. The maximum absolute atomic E-state index is 14.5. The van der Waals surface area contributed by atoms with Gasteiger partial charge in [-0.05, 0) is 128 Å². The maximum Gasteiger partial charge on any atom is 0.166 e. The number of ketones is 1. The third-order valence-corrected chi connectivity index (χ3v) is 11.4. The first-order valence-corrected chi connectivity index (χ1v) is 17.0. The molecule has 0 aliphatic heterocycles. The van der Waals surface area contributed by atoms with Gasteiger partial charge in [0.05, 0.1) is 5.92 Å². The lowest BCUT2D eigenvalue weighted by Crippen LogP contribution is -2.33. The van der Waals surface area contributed by atoms with Crippen LogP contribution in [0.15, 0.2) is 29.4 Å². The van der Waals surface area contributed by atoms with Crippen molar-refractivity contribution in [3.63, 3.8) is 0 Å². The topological polar surface area (TPSA) is 37.3 Å². The Morgan fingerprint density at radius 3 is 1.54 bits per heavy atom. The molecule has 6 rings (SSSR count). The number of allylic oxidation sites excluding steroid dienone is 4. The normalized spacial score (nSPS) is 27.2. The van der Waals surface area contributed by atoms with E-state index in [1.165, 1.54) is 156 Å². The van der Waals surface area contributed by atoms with Crippen molar-refractivity contribution in [1.29, 1.82) is 0 Å². The Labute approximate surface area is 237 Å². The van der Waals surface area contributed by atoms with Gasteiger partial charge in [-0.2, -0.15) is 0 Å². The molecule has 0 amide bonds. The van der Waals surface area contributed by atoms with Crippen molar-refractivity contribution in [2.75, 3.05) is 0 Å². The summed E-state index contributed by atoms with van der Waals surface area (Å²) in [5.41, 5.74) is 7.48.